The van der Waals surface area contributed by atoms with Crippen LogP contribution in [0.4, 0.5) is 0 Å². The Morgan fingerprint density at radius 3 is 2.74 bits per heavy atom. The molecule has 9 heteroatoms. The van der Waals surface area contributed by atoms with Crippen molar-refractivity contribution < 1.29 is 19.1 Å². The van der Waals surface area contributed by atoms with Gasteiger partial charge in [-0.3, -0.25) is 14.4 Å². The van der Waals surface area contributed by atoms with E-state index in [4.69, 9.17) is 4.74 Å². The van der Waals surface area contributed by atoms with Gasteiger partial charge in [-0.05, 0) is 55.3 Å². The molecule has 9 nitrogen and oxygen atoms in total. The number of piperidine rings is 1. The van der Waals surface area contributed by atoms with Crippen molar-refractivity contribution in [2.75, 3.05) is 53.4 Å². The highest BCUT2D eigenvalue weighted by Gasteiger charge is 2.45. The quantitative estimate of drug-likeness (QED) is 0.522. The molecule has 3 amide bonds. The predicted molar refractivity (Wildman–Crippen MR) is 132 cm³/mol. The second kappa shape index (κ2) is 9.89. The molecule has 3 unspecified atom stereocenters. The third-order valence-electron chi connectivity index (χ3n) is 7.72. The summed E-state index contributed by atoms with van der Waals surface area (Å²) in [6, 6.07) is 5.99. The Morgan fingerprint density at radius 1 is 1.14 bits per heavy atom. The SMILES string of the molecule is CNC(=O)CNC(=O)C1CN(C(=O)Cc2c[nH]c3cc(OCC4CC4)ccc23)CC2CN(C)CC21. The Bertz CT molecular complexity index is 1110. The van der Waals surface area contributed by atoms with Crippen LogP contribution in [0.25, 0.3) is 10.9 Å². The van der Waals surface area contributed by atoms with Crippen LogP contribution < -0.4 is 15.4 Å². The van der Waals surface area contributed by atoms with Crippen molar-refractivity contribution in [3.63, 3.8) is 0 Å². The molecule has 3 atom stereocenters. The van der Waals surface area contributed by atoms with Crippen LogP contribution in [-0.4, -0.2) is 85.9 Å². The molecule has 1 aromatic heterocycles. The number of amides is 3. The fourth-order valence-corrected chi connectivity index (χ4v) is 5.54. The van der Waals surface area contributed by atoms with Gasteiger partial charge in [0.15, 0.2) is 0 Å². The maximum absolute atomic E-state index is 13.4. The number of hydrogen-bond donors (Lipinski definition) is 3. The third kappa shape index (κ3) is 5.29. The average molecular weight is 482 g/mol. The lowest BCUT2D eigenvalue weighted by Crippen LogP contribution is -2.54. The fourth-order valence-electron chi connectivity index (χ4n) is 5.54. The second-order valence-electron chi connectivity index (χ2n) is 10.4. The first-order valence-electron chi connectivity index (χ1n) is 12.6. The lowest BCUT2D eigenvalue weighted by Gasteiger charge is -2.39. The van der Waals surface area contributed by atoms with Gasteiger partial charge in [-0.15, -0.1) is 0 Å². The number of benzene rings is 1. The monoisotopic (exact) mass is 481 g/mol. The van der Waals surface area contributed by atoms with Crippen LogP contribution in [0.1, 0.15) is 18.4 Å². The summed E-state index contributed by atoms with van der Waals surface area (Å²) in [5, 5.41) is 6.31. The van der Waals surface area contributed by atoms with Gasteiger partial charge in [0, 0.05) is 56.4 Å². The van der Waals surface area contributed by atoms with E-state index in [1.54, 1.807) is 7.05 Å². The summed E-state index contributed by atoms with van der Waals surface area (Å²) in [4.78, 5) is 45.4. The molecule has 3 aliphatic rings. The normalized spacial score (nSPS) is 24.3. The zero-order valence-electron chi connectivity index (χ0n) is 20.5. The van der Waals surface area contributed by atoms with Gasteiger partial charge in [-0.25, -0.2) is 0 Å². The summed E-state index contributed by atoms with van der Waals surface area (Å²) in [6.07, 6.45) is 4.68. The van der Waals surface area contributed by atoms with Crippen molar-refractivity contribution in [1.82, 2.24) is 25.4 Å². The lowest BCUT2D eigenvalue weighted by atomic mass is 9.79. The van der Waals surface area contributed by atoms with Crippen molar-refractivity contribution in [2.45, 2.75) is 19.3 Å². The van der Waals surface area contributed by atoms with E-state index >= 15 is 0 Å². The molecular weight excluding hydrogens is 446 g/mol. The molecule has 1 aliphatic carbocycles. The summed E-state index contributed by atoms with van der Waals surface area (Å²) in [5.74, 6) is 1.31. The number of ether oxygens (including phenoxy) is 1. The molecule has 1 aromatic carbocycles. The highest BCUT2D eigenvalue weighted by Crippen LogP contribution is 2.35. The van der Waals surface area contributed by atoms with Gasteiger partial charge >= 0.3 is 0 Å². The summed E-state index contributed by atoms with van der Waals surface area (Å²) in [5.41, 5.74) is 1.91. The van der Waals surface area contributed by atoms with E-state index < -0.39 is 0 Å². The number of fused-ring (bicyclic) bond motifs is 2. The van der Waals surface area contributed by atoms with Crippen LogP contribution in [0.3, 0.4) is 0 Å². The number of H-pyrrole nitrogens is 1. The van der Waals surface area contributed by atoms with Crippen molar-refractivity contribution in [1.29, 1.82) is 0 Å². The van der Waals surface area contributed by atoms with E-state index in [0.717, 1.165) is 41.9 Å². The first kappa shape index (κ1) is 23.7. The number of hydrogen-bond acceptors (Lipinski definition) is 5. The van der Waals surface area contributed by atoms with Crippen molar-refractivity contribution in [3.8, 4) is 5.75 Å². The third-order valence-corrected chi connectivity index (χ3v) is 7.72. The van der Waals surface area contributed by atoms with Gasteiger partial charge in [0.05, 0.1) is 25.5 Å². The molecule has 0 spiro atoms. The Morgan fingerprint density at radius 2 is 1.97 bits per heavy atom. The molecule has 0 bridgehead atoms. The Labute approximate surface area is 205 Å². The smallest absolute Gasteiger partial charge is 0.239 e. The minimum absolute atomic E-state index is 0.0251. The molecule has 5 rings (SSSR count). The van der Waals surface area contributed by atoms with Gasteiger partial charge in [-0.1, -0.05) is 0 Å². The highest BCUT2D eigenvalue weighted by molar-refractivity contribution is 5.90. The second-order valence-corrected chi connectivity index (χ2v) is 10.4. The minimum Gasteiger partial charge on any atom is -0.493 e. The van der Waals surface area contributed by atoms with Crippen molar-refractivity contribution in [2.24, 2.45) is 23.7 Å². The standard InChI is InChI=1S/C26H35N5O4/c1-27-24(32)10-29-26(34)22-14-31(12-18-11-30(2)13-21(18)22)25(33)7-17-9-28-23-8-19(5-6-20(17)23)35-15-16-3-4-16/h5-6,8-9,16,18,21-22,28H,3-4,7,10-15H2,1-2H3,(H,27,32)(H,29,34). The molecular formula is C26H35N5O4. The first-order chi connectivity index (χ1) is 16.9. The predicted octanol–water partition coefficient (Wildman–Crippen LogP) is 0.998. The maximum atomic E-state index is 13.4. The number of likely N-dealkylation sites (tertiary alicyclic amines) is 2. The van der Waals surface area contributed by atoms with Crippen molar-refractivity contribution in [3.05, 3.63) is 30.0 Å². The van der Waals surface area contributed by atoms with Gasteiger partial charge in [0.25, 0.3) is 0 Å². The number of nitrogens with zero attached hydrogens (tertiary/aromatic N) is 2. The van der Waals surface area contributed by atoms with Crippen molar-refractivity contribution >= 4 is 28.6 Å². The van der Waals surface area contributed by atoms with Gasteiger partial charge in [0.1, 0.15) is 5.75 Å². The zero-order chi connectivity index (χ0) is 24.5. The fraction of sp³-hybridized carbons (Fsp3) is 0.577. The molecule has 0 radical (unpaired) electrons. The van der Waals surface area contributed by atoms with E-state index in [2.05, 4.69) is 27.6 Å². The largest absolute Gasteiger partial charge is 0.493 e. The molecule has 2 saturated heterocycles. The Kier molecular flexibility index (Phi) is 6.69. The number of rotatable bonds is 8. The van der Waals surface area contributed by atoms with E-state index in [1.807, 2.05) is 29.3 Å². The van der Waals surface area contributed by atoms with Gasteiger partial charge in [-0.2, -0.15) is 0 Å². The molecule has 3 heterocycles. The van der Waals surface area contributed by atoms with Crippen LogP contribution in [0, 0.1) is 23.7 Å². The lowest BCUT2D eigenvalue weighted by molar-refractivity contribution is -0.139. The van der Waals surface area contributed by atoms with Gasteiger partial charge < -0.3 is 30.2 Å². The van der Waals surface area contributed by atoms with E-state index in [-0.39, 0.29) is 48.4 Å². The van der Waals surface area contributed by atoms with E-state index in [0.29, 0.717) is 19.0 Å². The molecule has 3 fully saturated rings. The Hall–Kier alpha value is -3.07. The van der Waals surface area contributed by atoms with Crippen LogP contribution in [0.2, 0.25) is 0 Å². The van der Waals surface area contributed by atoms with Crippen LogP contribution in [-0.2, 0) is 20.8 Å². The van der Waals surface area contributed by atoms with Gasteiger partial charge in [0.2, 0.25) is 17.7 Å². The Balaban J connectivity index is 1.26. The summed E-state index contributed by atoms with van der Waals surface area (Å²) < 4.78 is 5.89. The number of likely N-dealkylation sites (N-methyl/N-ethyl adjacent to an activating group) is 1. The first-order valence-corrected chi connectivity index (χ1v) is 12.6. The highest BCUT2D eigenvalue weighted by atomic mass is 16.5. The maximum Gasteiger partial charge on any atom is 0.239 e. The van der Waals surface area contributed by atoms with Crippen LogP contribution in [0.15, 0.2) is 24.4 Å². The number of nitrogens with one attached hydrogen (secondary N) is 3. The number of aromatic amines is 1. The molecule has 1 saturated carbocycles. The minimum atomic E-state index is -0.318. The summed E-state index contributed by atoms with van der Waals surface area (Å²) >= 11 is 0. The molecule has 188 valence electrons. The van der Waals surface area contributed by atoms with Crippen LogP contribution in [0.5, 0.6) is 5.75 Å². The number of carbonyl (C=O) groups is 3. The van der Waals surface area contributed by atoms with E-state index in [1.165, 1.54) is 12.8 Å². The average Bonchev–Trinajstić information content (AvgIpc) is 3.49. The zero-order valence-corrected chi connectivity index (χ0v) is 20.5. The summed E-state index contributed by atoms with van der Waals surface area (Å²) in [7, 11) is 3.60. The molecule has 35 heavy (non-hydrogen) atoms. The van der Waals surface area contributed by atoms with Crippen LogP contribution >= 0.6 is 0 Å². The number of carbonyl (C=O) groups excluding carboxylic acids is 3. The van der Waals surface area contributed by atoms with E-state index in [9.17, 15) is 14.4 Å². The topological polar surface area (TPSA) is 107 Å². The molecule has 2 aliphatic heterocycles. The summed E-state index contributed by atoms with van der Waals surface area (Å²) in [6.45, 7) is 3.46. The molecule has 2 aromatic rings. The molecule has 3 N–H and O–H groups in total. The number of aromatic nitrogens is 1.